The number of allylic oxidation sites excluding steroid dienone is 2. The topological polar surface area (TPSA) is 82.9 Å². The molecule has 1 fully saturated rings. The highest BCUT2D eigenvalue weighted by Gasteiger charge is 2.38. The number of aromatic amines is 1. The van der Waals surface area contributed by atoms with E-state index in [1.165, 1.54) is 0 Å². The van der Waals surface area contributed by atoms with Crippen LogP contribution in [0.25, 0.3) is 16.7 Å². The number of piperidine rings is 1. The Labute approximate surface area is 165 Å². The first kappa shape index (κ1) is 19.1. The Morgan fingerprint density at radius 2 is 2.21 bits per heavy atom. The number of nitrogens with one attached hydrogen (secondary N) is 2. The fraction of sp³-hybridized carbons (Fsp3) is 0.524. The lowest BCUT2D eigenvalue weighted by Gasteiger charge is -2.46. The second-order valence-corrected chi connectivity index (χ2v) is 8.50. The second kappa shape index (κ2) is 7.29. The largest absolute Gasteiger partial charge is 0.362 e. The smallest absolute Gasteiger partial charge is 0.181 e. The Hall–Kier alpha value is -2.25. The molecule has 0 spiro atoms. The van der Waals surface area contributed by atoms with E-state index in [-0.39, 0.29) is 17.5 Å². The fourth-order valence-electron chi connectivity index (χ4n) is 4.21. The highest BCUT2D eigenvalue weighted by atomic mass is 19.1. The van der Waals surface area contributed by atoms with E-state index in [0.29, 0.717) is 28.9 Å². The third kappa shape index (κ3) is 3.33. The zero-order chi connectivity index (χ0) is 19.9. The summed E-state index contributed by atoms with van der Waals surface area (Å²) in [6.45, 7) is 8.39. The number of likely N-dealkylation sites (tertiary alicyclic amines) is 1. The number of pyridine rings is 1. The maximum absolute atomic E-state index is 14.7. The Morgan fingerprint density at radius 1 is 1.39 bits per heavy atom. The molecule has 3 atom stereocenters. The van der Waals surface area contributed by atoms with Crippen molar-refractivity contribution in [3.8, 4) is 0 Å². The Balaban J connectivity index is 1.56. The van der Waals surface area contributed by atoms with Crippen LogP contribution in [0.1, 0.15) is 39.3 Å². The van der Waals surface area contributed by atoms with Crippen LogP contribution in [0.3, 0.4) is 0 Å². The van der Waals surface area contributed by atoms with Crippen LogP contribution in [-0.4, -0.2) is 44.9 Å². The molecule has 4 rings (SSSR count). The van der Waals surface area contributed by atoms with Crippen LogP contribution in [-0.2, 0) is 0 Å². The quantitative estimate of drug-likeness (QED) is 0.754. The van der Waals surface area contributed by atoms with Gasteiger partial charge >= 0.3 is 0 Å². The number of hydrogen-bond donors (Lipinski definition) is 3. The zero-order valence-electron chi connectivity index (χ0n) is 16.7. The molecule has 0 aliphatic carbocycles. The van der Waals surface area contributed by atoms with Gasteiger partial charge in [0.2, 0.25) is 0 Å². The molecule has 0 saturated carbocycles. The second-order valence-electron chi connectivity index (χ2n) is 8.50. The number of fused-ring (bicyclic) bond motifs is 1. The molecule has 4 heterocycles. The summed E-state index contributed by atoms with van der Waals surface area (Å²) in [6.07, 6.45) is 7.27. The van der Waals surface area contributed by atoms with Crippen molar-refractivity contribution < 1.29 is 4.39 Å². The van der Waals surface area contributed by atoms with Gasteiger partial charge in [-0.1, -0.05) is 13.8 Å². The summed E-state index contributed by atoms with van der Waals surface area (Å²) in [5, 5.41) is 11.3. The molecule has 4 N–H and O–H groups in total. The summed E-state index contributed by atoms with van der Waals surface area (Å²) < 4.78 is 14.7. The van der Waals surface area contributed by atoms with Crippen LogP contribution < -0.4 is 11.1 Å². The highest BCUT2D eigenvalue weighted by molar-refractivity contribution is 5.88. The molecule has 2 aliphatic rings. The van der Waals surface area contributed by atoms with Gasteiger partial charge < -0.3 is 11.1 Å². The van der Waals surface area contributed by atoms with Crippen molar-refractivity contribution in [3.05, 3.63) is 42.0 Å². The minimum Gasteiger partial charge on any atom is -0.362 e. The number of dihydropyridines is 1. The first-order valence-electron chi connectivity index (χ1n) is 10.0. The summed E-state index contributed by atoms with van der Waals surface area (Å²) in [5.74, 6) is 0.516. The summed E-state index contributed by atoms with van der Waals surface area (Å²) in [4.78, 5) is 6.59. The molecule has 1 saturated heterocycles. The lowest BCUT2D eigenvalue weighted by molar-refractivity contribution is 0.0775. The number of H-pyrrole nitrogens is 1. The fourth-order valence-corrected chi connectivity index (χ4v) is 4.21. The standard InChI is InChI=1S/C21H29FN6/c1-13(2)21(3,23)14-6-5-11-28(12-14)17-9-8-16(22)19(25-17)18-15-7-4-10-24-20(15)27-26-18/h4,7-10,13-14,17,25H,5-6,11-12,23H2,1-3H3,(H,24,26,27). The molecule has 3 unspecified atom stereocenters. The number of nitrogens with two attached hydrogens (primary N) is 1. The Bertz CT molecular complexity index is 913. The van der Waals surface area contributed by atoms with Gasteiger partial charge in [0.1, 0.15) is 5.83 Å². The number of aromatic nitrogens is 3. The molecule has 0 radical (unpaired) electrons. The van der Waals surface area contributed by atoms with Crippen LogP contribution in [0.15, 0.2) is 36.3 Å². The normalized spacial score (nSPS) is 25.9. The van der Waals surface area contributed by atoms with Gasteiger partial charge in [-0.3, -0.25) is 10.00 Å². The average molecular weight is 385 g/mol. The van der Waals surface area contributed by atoms with E-state index >= 15 is 0 Å². The average Bonchev–Trinajstić information content (AvgIpc) is 3.12. The number of rotatable bonds is 4. The number of hydrogen-bond acceptors (Lipinski definition) is 5. The van der Waals surface area contributed by atoms with Crippen molar-refractivity contribution in [2.45, 2.75) is 45.3 Å². The van der Waals surface area contributed by atoms with E-state index < -0.39 is 0 Å². The van der Waals surface area contributed by atoms with Crippen molar-refractivity contribution in [1.29, 1.82) is 0 Å². The molecule has 7 heteroatoms. The maximum Gasteiger partial charge on any atom is 0.181 e. The van der Waals surface area contributed by atoms with Crippen molar-refractivity contribution in [3.63, 3.8) is 0 Å². The minimum atomic E-state index is -0.301. The molecule has 0 amide bonds. The van der Waals surface area contributed by atoms with Gasteiger partial charge in [0, 0.05) is 30.2 Å². The van der Waals surface area contributed by atoms with Crippen molar-refractivity contribution in [1.82, 2.24) is 25.4 Å². The van der Waals surface area contributed by atoms with E-state index in [1.54, 1.807) is 12.3 Å². The van der Waals surface area contributed by atoms with E-state index in [1.807, 2.05) is 18.2 Å². The third-order valence-corrected chi connectivity index (χ3v) is 6.51. The van der Waals surface area contributed by atoms with Gasteiger partial charge in [-0.25, -0.2) is 9.37 Å². The predicted octanol–water partition coefficient (Wildman–Crippen LogP) is 3.17. The molecule has 0 aromatic carbocycles. The molecule has 2 aliphatic heterocycles. The van der Waals surface area contributed by atoms with Gasteiger partial charge in [-0.15, -0.1) is 0 Å². The Morgan fingerprint density at radius 3 is 3.00 bits per heavy atom. The van der Waals surface area contributed by atoms with Crippen LogP contribution in [0.4, 0.5) is 4.39 Å². The third-order valence-electron chi connectivity index (χ3n) is 6.51. The van der Waals surface area contributed by atoms with Crippen molar-refractivity contribution in [2.75, 3.05) is 13.1 Å². The summed E-state index contributed by atoms with van der Waals surface area (Å²) in [7, 11) is 0. The van der Waals surface area contributed by atoms with E-state index in [2.05, 4.69) is 46.2 Å². The van der Waals surface area contributed by atoms with Crippen LogP contribution in [0.2, 0.25) is 0 Å². The molecular formula is C21H29FN6. The van der Waals surface area contributed by atoms with Gasteiger partial charge in [0.25, 0.3) is 0 Å². The van der Waals surface area contributed by atoms with Crippen molar-refractivity contribution >= 4 is 16.7 Å². The molecule has 150 valence electrons. The molecule has 6 nitrogen and oxygen atoms in total. The predicted molar refractivity (Wildman–Crippen MR) is 110 cm³/mol. The SMILES string of the molecule is CC(C)C(C)(N)C1CCCN(C2C=CC(F)=C(c3[nH]nc4ncccc34)N2)C1. The lowest BCUT2D eigenvalue weighted by Crippen LogP contribution is -2.57. The van der Waals surface area contributed by atoms with E-state index in [4.69, 9.17) is 5.73 Å². The minimum absolute atomic E-state index is 0.0738. The molecular weight excluding hydrogens is 355 g/mol. The maximum atomic E-state index is 14.7. The van der Waals surface area contributed by atoms with Crippen LogP contribution in [0, 0.1) is 11.8 Å². The summed E-state index contributed by atoms with van der Waals surface area (Å²) >= 11 is 0. The van der Waals surface area contributed by atoms with Gasteiger partial charge in [-0.05, 0) is 55.9 Å². The van der Waals surface area contributed by atoms with Gasteiger partial charge in [0.15, 0.2) is 5.65 Å². The first-order valence-corrected chi connectivity index (χ1v) is 10.0. The first-order chi connectivity index (χ1) is 13.4. The lowest BCUT2D eigenvalue weighted by atomic mass is 9.74. The van der Waals surface area contributed by atoms with E-state index in [0.717, 1.165) is 31.3 Å². The zero-order valence-corrected chi connectivity index (χ0v) is 16.7. The highest BCUT2D eigenvalue weighted by Crippen LogP contribution is 2.33. The Kier molecular flexibility index (Phi) is 4.97. The van der Waals surface area contributed by atoms with Crippen LogP contribution >= 0.6 is 0 Å². The summed E-state index contributed by atoms with van der Waals surface area (Å²) in [5.41, 5.74) is 8.10. The van der Waals surface area contributed by atoms with Gasteiger partial charge in [-0.2, -0.15) is 5.10 Å². The number of nitrogens with zero attached hydrogens (tertiary/aromatic N) is 3. The molecule has 28 heavy (non-hydrogen) atoms. The molecule has 2 aromatic heterocycles. The van der Waals surface area contributed by atoms with E-state index in [9.17, 15) is 4.39 Å². The number of halogens is 1. The monoisotopic (exact) mass is 384 g/mol. The summed E-state index contributed by atoms with van der Waals surface area (Å²) in [6, 6.07) is 3.73. The van der Waals surface area contributed by atoms with Crippen molar-refractivity contribution in [2.24, 2.45) is 17.6 Å². The molecule has 2 aromatic rings. The van der Waals surface area contributed by atoms with Gasteiger partial charge in [0.05, 0.1) is 17.6 Å². The molecule has 0 bridgehead atoms. The van der Waals surface area contributed by atoms with Crippen LogP contribution in [0.5, 0.6) is 0 Å².